The second-order valence-corrected chi connectivity index (χ2v) is 10.4. The molecule has 0 aliphatic heterocycles. The van der Waals surface area contributed by atoms with E-state index < -0.39 is 25.1 Å². The highest BCUT2D eigenvalue weighted by Gasteiger charge is 2.31. The Bertz CT molecular complexity index is 1230. The summed E-state index contributed by atoms with van der Waals surface area (Å²) in [6, 6.07) is 15.3. The third-order valence-corrected chi connectivity index (χ3v) is 8.20. The van der Waals surface area contributed by atoms with Crippen LogP contribution in [0.4, 0.5) is 0 Å². The molecule has 8 nitrogen and oxygen atoms in total. The summed E-state index contributed by atoms with van der Waals surface area (Å²) in [5.41, 5.74) is 0.371. The maximum atomic E-state index is 13.3. The lowest BCUT2D eigenvalue weighted by molar-refractivity contribution is 0.386. The molecule has 2 aromatic carbocycles. The van der Waals surface area contributed by atoms with Crippen LogP contribution in [0.25, 0.3) is 0 Å². The van der Waals surface area contributed by atoms with E-state index in [0.717, 1.165) is 0 Å². The van der Waals surface area contributed by atoms with E-state index in [1.54, 1.807) is 30.3 Å². The van der Waals surface area contributed by atoms with Crippen LogP contribution in [-0.2, 0) is 19.9 Å². The van der Waals surface area contributed by atoms with E-state index in [0.29, 0.717) is 11.3 Å². The van der Waals surface area contributed by atoms with Crippen LogP contribution >= 0.6 is 0 Å². The topological polar surface area (TPSA) is 112 Å². The minimum atomic E-state index is -4.09. The fourth-order valence-corrected chi connectivity index (χ4v) is 5.97. The Morgan fingerprint density at radius 1 is 0.935 bits per heavy atom. The van der Waals surface area contributed by atoms with Crippen molar-refractivity contribution in [1.82, 2.24) is 9.71 Å². The molecule has 0 spiro atoms. The molecule has 164 valence electrons. The van der Waals surface area contributed by atoms with E-state index in [-0.39, 0.29) is 22.1 Å². The maximum Gasteiger partial charge on any atom is 0.244 e. The van der Waals surface area contributed by atoms with Gasteiger partial charge in [0.15, 0.2) is 9.84 Å². The van der Waals surface area contributed by atoms with Crippen LogP contribution in [0.15, 0.2) is 82.8 Å². The predicted octanol–water partition coefficient (Wildman–Crippen LogP) is 2.59. The summed E-state index contributed by atoms with van der Waals surface area (Å²) in [7, 11) is -5.20. The highest BCUT2D eigenvalue weighted by molar-refractivity contribution is 7.92. The number of benzene rings is 2. The number of hydrogen-bond donors (Lipinski definition) is 1. The fourth-order valence-electron chi connectivity index (χ4n) is 3.01. The monoisotopic (exact) mass is 462 g/mol. The summed E-state index contributed by atoms with van der Waals surface area (Å²) < 4.78 is 65.2. The molecular formula is C21H22N2O6S2. The summed E-state index contributed by atoms with van der Waals surface area (Å²) in [5, 5.41) is -1.18. The predicted molar refractivity (Wildman–Crippen MR) is 115 cm³/mol. The van der Waals surface area contributed by atoms with E-state index >= 15 is 0 Å². The number of pyridine rings is 1. The Balaban J connectivity index is 1.96. The number of ether oxygens (including phenoxy) is 2. The average Bonchev–Trinajstić information content (AvgIpc) is 2.79. The van der Waals surface area contributed by atoms with Crippen LogP contribution in [0.1, 0.15) is 10.8 Å². The van der Waals surface area contributed by atoms with Crippen LogP contribution < -0.4 is 14.2 Å². The van der Waals surface area contributed by atoms with E-state index in [2.05, 4.69) is 9.71 Å². The summed E-state index contributed by atoms with van der Waals surface area (Å²) in [5.74, 6) is 0.506. The zero-order valence-corrected chi connectivity index (χ0v) is 18.6. The minimum absolute atomic E-state index is 0.0793. The molecule has 10 heteroatoms. The van der Waals surface area contributed by atoms with Gasteiger partial charge in [-0.3, -0.25) is 4.98 Å². The molecule has 1 atom stereocenters. The molecule has 1 aromatic heterocycles. The van der Waals surface area contributed by atoms with E-state index in [9.17, 15) is 16.8 Å². The molecule has 0 saturated carbocycles. The van der Waals surface area contributed by atoms with Gasteiger partial charge in [-0.25, -0.2) is 21.6 Å². The Hall–Kier alpha value is -2.95. The SMILES string of the molecule is COc1ccc(S(=O)(=O)NC[C@@H](c2cccnc2)S(=O)(=O)c2ccccc2)c(OC)c1. The number of aromatic nitrogens is 1. The Morgan fingerprint density at radius 3 is 2.29 bits per heavy atom. The van der Waals surface area contributed by atoms with Crippen molar-refractivity contribution in [3.63, 3.8) is 0 Å². The molecule has 0 bridgehead atoms. The molecule has 3 aromatic rings. The van der Waals surface area contributed by atoms with Gasteiger partial charge in [0.05, 0.1) is 19.1 Å². The van der Waals surface area contributed by atoms with Gasteiger partial charge in [-0.05, 0) is 35.9 Å². The molecule has 0 aliphatic carbocycles. The van der Waals surface area contributed by atoms with Gasteiger partial charge in [0.1, 0.15) is 21.6 Å². The molecule has 0 aliphatic rings. The van der Waals surface area contributed by atoms with Crippen molar-refractivity contribution in [2.45, 2.75) is 15.0 Å². The summed E-state index contributed by atoms with van der Waals surface area (Å²) in [4.78, 5) is 3.95. The van der Waals surface area contributed by atoms with Crippen molar-refractivity contribution in [1.29, 1.82) is 0 Å². The highest BCUT2D eigenvalue weighted by atomic mass is 32.2. The smallest absolute Gasteiger partial charge is 0.244 e. The first-order valence-corrected chi connectivity index (χ1v) is 12.2. The van der Waals surface area contributed by atoms with E-state index in [1.807, 2.05) is 0 Å². The largest absolute Gasteiger partial charge is 0.497 e. The Kier molecular flexibility index (Phi) is 6.94. The van der Waals surface area contributed by atoms with E-state index in [1.165, 1.54) is 56.9 Å². The van der Waals surface area contributed by atoms with Crippen molar-refractivity contribution in [3.05, 3.63) is 78.6 Å². The van der Waals surface area contributed by atoms with Crippen molar-refractivity contribution in [2.24, 2.45) is 0 Å². The summed E-state index contributed by atoms with van der Waals surface area (Å²) in [6.07, 6.45) is 2.93. The standard InChI is InChI=1S/C21H22N2O6S2/c1-28-17-10-11-20(19(13-17)29-2)31(26,27)23-15-21(16-7-6-12-22-14-16)30(24,25)18-8-4-3-5-9-18/h3-14,21,23H,15H2,1-2H3/t21-/m0/s1. The van der Waals surface area contributed by atoms with Crippen LogP contribution in [0.2, 0.25) is 0 Å². The molecule has 0 saturated heterocycles. The number of methoxy groups -OCH3 is 2. The van der Waals surface area contributed by atoms with Gasteiger partial charge in [0.2, 0.25) is 10.0 Å². The first kappa shape index (κ1) is 22.7. The normalized spacial score (nSPS) is 12.8. The van der Waals surface area contributed by atoms with Crippen molar-refractivity contribution >= 4 is 19.9 Å². The number of sulfone groups is 1. The fraction of sp³-hybridized carbons (Fsp3) is 0.190. The molecule has 31 heavy (non-hydrogen) atoms. The first-order chi connectivity index (χ1) is 14.8. The molecule has 0 unspecified atom stereocenters. The average molecular weight is 463 g/mol. The van der Waals surface area contributed by atoms with Crippen LogP contribution in [-0.4, -0.2) is 42.6 Å². The Labute approximate surface area is 181 Å². The van der Waals surface area contributed by atoms with Gasteiger partial charge in [-0.15, -0.1) is 0 Å². The molecular weight excluding hydrogens is 440 g/mol. The van der Waals surface area contributed by atoms with Crippen molar-refractivity contribution < 1.29 is 26.3 Å². The maximum absolute atomic E-state index is 13.3. The number of nitrogens with zero attached hydrogens (tertiary/aromatic N) is 1. The molecule has 1 heterocycles. The summed E-state index contributed by atoms with van der Waals surface area (Å²) in [6.45, 7) is -0.388. The van der Waals surface area contributed by atoms with Gasteiger partial charge in [0.25, 0.3) is 0 Å². The first-order valence-electron chi connectivity index (χ1n) is 9.20. The lowest BCUT2D eigenvalue weighted by Crippen LogP contribution is -2.32. The molecule has 3 rings (SSSR count). The highest BCUT2D eigenvalue weighted by Crippen LogP contribution is 2.31. The third-order valence-electron chi connectivity index (χ3n) is 4.62. The molecule has 1 N–H and O–H groups in total. The third kappa shape index (κ3) is 5.04. The Morgan fingerprint density at radius 2 is 1.68 bits per heavy atom. The second kappa shape index (κ2) is 9.46. The van der Waals surface area contributed by atoms with E-state index in [4.69, 9.17) is 9.47 Å². The number of nitrogens with one attached hydrogen (secondary N) is 1. The molecule has 0 radical (unpaired) electrons. The quantitative estimate of drug-likeness (QED) is 0.520. The number of sulfonamides is 1. The lowest BCUT2D eigenvalue weighted by atomic mass is 10.2. The zero-order chi connectivity index (χ0) is 22.5. The zero-order valence-electron chi connectivity index (χ0n) is 16.9. The summed E-state index contributed by atoms with van der Waals surface area (Å²) >= 11 is 0. The van der Waals surface area contributed by atoms with Crippen LogP contribution in [0, 0.1) is 0 Å². The molecule has 0 fully saturated rings. The van der Waals surface area contributed by atoms with Crippen LogP contribution in [0.5, 0.6) is 11.5 Å². The van der Waals surface area contributed by atoms with Gasteiger partial charge >= 0.3 is 0 Å². The van der Waals surface area contributed by atoms with Gasteiger partial charge in [-0.2, -0.15) is 0 Å². The van der Waals surface area contributed by atoms with Gasteiger partial charge in [-0.1, -0.05) is 24.3 Å². The molecule has 0 amide bonds. The van der Waals surface area contributed by atoms with Gasteiger partial charge < -0.3 is 9.47 Å². The number of hydrogen-bond acceptors (Lipinski definition) is 7. The lowest BCUT2D eigenvalue weighted by Gasteiger charge is -2.19. The van der Waals surface area contributed by atoms with Gasteiger partial charge in [0, 0.05) is 25.0 Å². The minimum Gasteiger partial charge on any atom is -0.497 e. The van der Waals surface area contributed by atoms with Crippen molar-refractivity contribution in [3.8, 4) is 11.5 Å². The number of rotatable bonds is 9. The second-order valence-electron chi connectivity index (χ2n) is 6.50. The van der Waals surface area contributed by atoms with Crippen molar-refractivity contribution in [2.75, 3.05) is 20.8 Å². The van der Waals surface area contributed by atoms with Crippen LogP contribution in [0.3, 0.4) is 0 Å².